The van der Waals surface area contributed by atoms with Crippen LogP contribution in [0.5, 0.6) is 0 Å². The zero-order chi connectivity index (χ0) is 17.4. The van der Waals surface area contributed by atoms with Crippen molar-refractivity contribution in [3.8, 4) is 0 Å². The third-order valence-electron chi connectivity index (χ3n) is 3.19. The van der Waals surface area contributed by atoms with Crippen LogP contribution in [0.1, 0.15) is 40.5 Å². The Bertz CT molecular complexity index is 519. The summed E-state index contributed by atoms with van der Waals surface area (Å²) in [4.78, 5) is 49.1. The van der Waals surface area contributed by atoms with Crippen LogP contribution in [0.25, 0.3) is 0 Å². The van der Waals surface area contributed by atoms with Gasteiger partial charge in [-0.25, -0.2) is 14.4 Å². The standard InChI is InChI=1S/C11H14N2O3.C3H7NO2/c1-10(2)4-8(16)9(12-6-14)11(3,5-10)13-7-15;1-2-4-3(5)6/h9H,4-5H2,1-3H3;4H,2H2,1H3,(H,5,6). The summed E-state index contributed by atoms with van der Waals surface area (Å²) in [5, 5.41) is 9.93. The van der Waals surface area contributed by atoms with Crippen molar-refractivity contribution in [2.24, 2.45) is 15.4 Å². The molecule has 0 aliphatic heterocycles. The second-order valence-corrected chi connectivity index (χ2v) is 6.00. The van der Waals surface area contributed by atoms with Crippen LogP contribution >= 0.6 is 0 Å². The largest absolute Gasteiger partial charge is 0.465 e. The fourth-order valence-corrected chi connectivity index (χ4v) is 2.66. The Morgan fingerprint density at radius 2 is 1.95 bits per heavy atom. The lowest BCUT2D eigenvalue weighted by atomic mass is 9.66. The van der Waals surface area contributed by atoms with E-state index in [0.717, 1.165) is 0 Å². The van der Waals surface area contributed by atoms with Crippen molar-refractivity contribution in [3.05, 3.63) is 0 Å². The molecule has 1 saturated carbocycles. The van der Waals surface area contributed by atoms with Crippen molar-refractivity contribution in [1.82, 2.24) is 5.32 Å². The predicted octanol–water partition coefficient (Wildman–Crippen LogP) is 1.45. The molecule has 2 N–H and O–H groups in total. The number of carbonyl (C=O) groups excluding carboxylic acids is 3. The Kier molecular flexibility index (Phi) is 7.36. The van der Waals surface area contributed by atoms with Gasteiger partial charge in [-0.3, -0.25) is 4.79 Å². The van der Waals surface area contributed by atoms with Crippen LogP contribution in [0.3, 0.4) is 0 Å². The summed E-state index contributed by atoms with van der Waals surface area (Å²) in [7, 11) is 0. The van der Waals surface area contributed by atoms with Gasteiger partial charge in [0.05, 0.1) is 0 Å². The molecular formula is C14H21N3O5. The van der Waals surface area contributed by atoms with E-state index in [1.807, 2.05) is 13.8 Å². The molecule has 1 fully saturated rings. The van der Waals surface area contributed by atoms with Gasteiger partial charge in [-0.05, 0) is 25.7 Å². The Morgan fingerprint density at radius 3 is 2.32 bits per heavy atom. The molecule has 22 heavy (non-hydrogen) atoms. The van der Waals surface area contributed by atoms with Crippen LogP contribution < -0.4 is 5.32 Å². The molecule has 0 saturated heterocycles. The van der Waals surface area contributed by atoms with E-state index in [9.17, 15) is 19.2 Å². The minimum atomic E-state index is -0.974. The number of hydrogen-bond donors (Lipinski definition) is 2. The molecule has 2 unspecified atom stereocenters. The van der Waals surface area contributed by atoms with E-state index in [-0.39, 0.29) is 11.2 Å². The van der Waals surface area contributed by atoms with Gasteiger partial charge in [-0.15, -0.1) is 0 Å². The molecule has 2 atom stereocenters. The van der Waals surface area contributed by atoms with E-state index in [4.69, 9.17) is 5.11 Å². The maximum absolute atomic E-state index is 11.8. The normalized spacial score (nSPS) is 25.6. The van der Waals surface area contributed by atoms with Crippen molar-refractivity contribution in [2.75, 3.05) is 6.54 Å². The molecule has 1 aliphatic carbocycles. The molecule has 0 spiro atoms. The Morgan fingerprint density at radius 1 is 1.36 bits per heavy atom. The number of carbonyl (C=O) groups is 2. The SMILES string of the molecule is CC1(C)CC(=O)C(N=C=O)C(C)(N=C=O)C1.CCNC(=O)O. The molecule has 122 valence electrons. The molecule has 8 heteroatoms. The third-order valence-corrected chi connectivity index (χ3v) is 3.19. The lowest BCUT2D eigenvalue weighted by molar-refractivity contribution is -0.126. The van der Waals surface area contributed by atoms with Gasteiger partial charge in [0.1, 0.15) is 11.6 Å². The summed E-state index contributed by atoms with van der Waals surface area (Å²) in [6.45, 7) is 7.69. The average molecular weight is 311 g/mol. The maximum atomic E-state index is 11.8. The topological polar surface area (TPSA) is 125 Å². The van der Waals surface area contributed by atoms with E-state index < -0.39 is 17.7 Å². The van der Waals surface area contributed by atoms with E-state index in [1.165, 1.54) is 12.2 Å². The minimum absolute atomic E-state index is 0.180. The van der Waals surface area contributed by atoms with Gasteiger partial charge in [0, 0.05) is 13.0 Å². The highest BCUT2D eigenvalue weighted by molar-refractivity contribution is 5.88. The lowest BCUT2D eigenvalue weighted by Crippen LogP contribution is -2.50. The van der Waals surface area contributed by atoms with Crippen LogP contribution in [0, 0.1) is 5.41 Å². The molecule has 8 nitrogen and oxygen atoms in total. The average Bonchev–Trinajstić information content (AvgIpc) is 2.33. The van der Waals surface area contributed by atoms with Crippen molar-refractivity contribution in [1.29, 1.82) is 0 Å². The highest BCUT2D eigenvalue weighted by atomic mass is 16.4. The number of nitrogens with zero attached hydrogens (tertiary/aromatic N) is 2. The first-order valence-corrected chi connectivity index (χ1v) is 6.77. The fraction of sp³-hybridized carbons (Fsp3) is 0.714. The number of isocyanates is 2. The number of nitrogens with one attached hydrogen (secondary N) is 1. The number of aliphatic imine (C=N–C) groups is 2. The van der Waals surface area contributed by atoms with Crippen molar-refractivity contribution < 1.29 is 24.3 Å². The van der Waals surface area contributed by atoms with Gasteiger partial charge in [0.25, 0.3) is 0 Å². The number of hydrogen-bond acceptors (Lipinski definition) is 6. The number of Topliss-reactive ketones (excluding diaryl/α,β-unsaturated/α-hetero) is 1. The van der Waals surface area contributed by atoms with Crippen molar-refractivity contribution >= 4 is 24.0 Å². The molecule has 0 aromatic rings. The Balaban J connectivity index is 0.000000626. The first kappa shape index (κ1) is 19.7. The molecule has 1 rings (SSSR count). The summed E-state index contributed by atoms with van der Waals surface area (Å²) >= 11 is 0. The van der Waals surface area contributed by atoms with Crippen LogP contribution in [0.2, 0.25) is 0 Å². The van der Waals surface area contributed by atoms with E-state index >= 15 is 0 Å². The van der Waals surface area contributed by atoms with Crippen molar-refractivity contribution in [3.63, 3.8) is 0 Å². The second-order valence-electron chi connectivity index (χ2n) is 6.00. The maximum Gasteiger partial charge on any atom is 0.404 e. The quantitative estimate of drug-likeness (QED) is 0.602. The van der Waals surface area contributed by atoms with Gasteiger partial charge < -0.3 is 10.4 Å². The smallest absolute Gasteiger partial charge is 0.404 e. The molecule has 1 amide bonds. The first-order chi connectivity index (χ1) is 10.1. The second kappa shape index (κ2) is 8.22. The van der Waals surface area contributed by atoms with Gasteiger partial charge in [-0.1, -0.05) is 13.8 Å². The summed E-state index contributed by atoms with van der Waals surface area (Å²) in [5.41, 5.74) is -1.22. The minimum Gasteiger partial charge on any atom is -0.465 e. The molecule has 0 aromatic heterocycles. The number of amides is 1. The number of ketones is 1. The van der Waals surface area contributed by atoms with Gasteiger partial charge >= 0.3 is 6.09 Å². The summed E-state index contributed by atoms with van der Waals surface area (Å²) in [6.07, 6.45) is 2.71. The molecule has 0 bridgehead atoms. The monoisotopic (exact) mass is 311 g/mol. The van der Waals surface area contributed by atoms with Gasteiger partial charge in [0.15, 0.2) is 5.78 Å². The highest BCUT2D eigenvalue weighted by Gasteiger charge is 2.49. The first-order valence-electron chi connectivity index (χ1n) is 6.77. The number of carboxylic acid groups (broad SMARTS) is 1. The van der Waals surface area contributed by atoms with Crippen LogP contribution in [0.4, 0.5) is 4.79 Å². The zero-order valence-electron chi connectivity index (χ0n) is 13.2. The molecule has 0 aromatic carbocycles. The van der Waals surface area contributed by atoms with Gasteiger partial charge in [-0.2, -0.15) is 9.98 Å². The summed E-state index contributed by atoms with van der Waals surface area (Å²) in [5.74, 6) is -0.180. The third kappa shape index (κ3) is 5.99. The molecule has 0 radical (unpaired) electrons. The van der Waals surface area contributed by atoms with Crippen LogP contribution in [0.15, 0.2) is 9.98 Å². The van der Waals surface area contributed by atoms with Gasteiger partial charge in [0.2, 0.25) is 12.2 Å². The lowest BCUT2D eigenvalue weighted by Gasteiger charge is -2.41. The molecular weight excluding hydrogens is 290 g/mol. The predicted molar refractivity (Wildman–Crippen MR) is 78.2 cm³/mol. The van der Waals surface area contributed by atoms with Crippen molar-refractivity contribution in [2.45, 2.75) is 52.1 Å². The molecule has 1 aliphatic rings. The van der Waals surface area contributed by atoms with E-state index in [1.54, 1.807) is 13.8 Å². The van der Waals surface area contributed by atoms with Crippen LogP contribution in [-0.2, 0) is 14.4 Å². The fourth-order valence-electron chi connectivity index (χ4n) is 2.66. The Labute approximate surface area is 128 Å². The Hall–Kier alpha value is -2.30. The zero-order valence-corrected chi connectivity index (χ0v) is 13.2. The van der Waals surface area contributed by atoms with E-state index in [0.29, 0.717) is 19.4 Å². The molecule has 0 heterocycles. The van der Waals surface area contributed by atoms with Crippen LogP contribution in [-0.4, -0.2) is 47.3 Å². The number of rotatable bonds is 3. The summed E-state index contributed by atoms with van der Waals surface area (Å²) < 4.78 is 0. The summed E-state index contributed by atoms with van der Waals surface area (Å²) in [6, 6.07) is -0.903. The highest BCUT2D eigenvalue weighted by Crippen LogP contribution is 2.42. The van der Waals surface area contributed by atoms with E-state index in [2.05, 4.69) is 15.3 Å².